The molecule has 2 rings (SSSR count). The molecule has 0 aromatic heterocycles. The van der Waals surface area contributed by atoms with Gasteiger partial charge in [-0.1, -0.05) is 6.92 Å². The smallest absolute Gasteiger partial charge is 0.238 e. The predicted octanol–water partition coefficient (Wildman–Crippen LogP) is 2.92. The van der Waals surface area contributed by atoms with Gasteiger partial charge in [-0.3, -0.25) is 4.79 Å². The van der Waals surface area contributed by atoms with Gasteiger partial charge in [-0.25, -0.2) is 0 Å². The van der Waals surface area contributed by atoms with Gasteiger partial charge in [-0.05, 0) is 56.9 Å². The number of benzene rings is 1. The molecule has 4 nitrogen and oxygen atoms in total. The summed E-state index contributed by atoms with van der Waals surface area (Å²) in [7, 11) is 0. The molecule has 1 saturated heterocycles. The van der Waals surface area contributed by atoms with E-state index in [1.54, 1.807) is 0 Å². The van der Waals surface area contributed by atoms with E-state index in [1.807, 2.05) is 6.07 Å². The number of aryl methyl sites for hydroxylation is 1. The highest BCUT2D eigenvalue weighted by molar-refractivity contribution is 5.93. The fourth-order valence-corrected chi connectivity index (χ4v) is 2.57. The molecule has 0 spiro atoms. The van der Waals surface area contributed by atoms with Crippen molar-refractivity contribution in [1.29, 1.82) is 0 Å². The Labute approximate surface area is 127 Å². The summed E-state index contributed by atoms with van der Waals surface area (Å²) in [5.74, 6) is 0.0207. The lowest BCUT2D eigenvalue weighted by Crippen LogP contribution is -2.34. The zero-order valence-electron chi connectivity index (χ0n) is 13.4. The molecule has 1 aliphatic heterocycles. The zero-order valence-corrected chi connectivity index (χ0v) is 13.4. The van der Waals surface area contributed by atoms with Gasteiger partial charge in [0.05, 0.1) is 6.54 Å². The summed E-state index contributed by atoms with van der Waals surface area (Å²) in [5.41, 5.74) is 3.30. The molecule has 1 amide bonds. The van der Waals surface area contributed by atoms with Gasteiger partial charge in [-0.15, -0.1) is 0 Å². The summed E-state index contributed by atoms with van der Waals surface area (Å²) in [6.07, 6.45) is 3.58. The lowest BCUT2D eigenvalue weighted by molar-refractivity contribution is -0.115. The quantitative estimate of drug-likeness (QED) is 0.846. The standard InChI is InChI=1S/C17H27N3O/c1-4-14(3)18-12-17(21)19-16-8-7-15(11-13(16)2)20-9-5-6-10-20/h7-8,11,14,18H,4-6,9-10,12H2,1-3H3,(H,19,21). The average molecular weight is 289 g/mol. The van der Waals surface area contributed by atoms with E-state index >= 15 is 0 Å². The average Bonchev–Trinajstić information content (AvgIpc) is 3.01. The van der Waals surface area contributed by atoms with Crippen LogP contribution in [0.1, 0.15) is 38.7 Å². The van der Waals surface area contributed by atoms with Crippen LogP contribution < -0.4 is 15.5 Å². The maximum Gasteiger partial charge on any atom is 0.238 e. The molecular weight excluding hydrogens is 262 g/mol. The number of nitrogens with one attached hydrogen (secondary N) is 2. The van der Waals surface area contributed by atoms with Crippen molar-refractivity contribution < 1.29 is 4.79 Å². The van der Waals surface area contributed by atoms with Gasteiger partial charge < -0.3 is 15.5 Å². The molecule has 1 aliphatic rings. The van der Waals surface area contributed by atoms with E-state index in [-0.39, 0.29) is 5.91 Å². The molecular formula is C17H27N3O. The fraction of sp³-hybridized carbons (Fsp3) is 0.588. The zero-order chi connectivity index (χ0) is 15.2. The van der Waals surface area contributed by atoms with Gasteiger partial charge in [0.15, 0.2) is 0 Å². The molecule has 21 heavy (non-hydrogen) atoms. The third kappa shape index (κ3) is 4.46. The first-order chi connectivity index (χ1) is 10.1. The van der Waals surface area contributed by atoms with Crippen molar-refractivity contribution in [3.63, 3.8) is 0 Å². The number of carbonyl (C=O) groups excluding carboxylic acids is 1. The van der Waals surface area contributed by atoms with Gasteiger partial charge in [0.2, 0.25) is 5.91 Å². The molecule has 0 radical (unpaired) electrons. The van der Waals surface area contributed by atoms with Crippen molar-refractivity contribution in [3.8, 4) is 0 Å². The van der Waals surface area contributed by atoms with E-state index < -0.39 is 0 Å². The maximum absolute atomic E-state index is 11.9. The Kier molecular flexibility index (Phi) is 5.62. The molecule has 4 heteroatoms. The summed E-state index contributed by atoms with van der Waals surface area (Å²) in [4.78, 5) is 14.3. The Morgan fingerprint density at radius 2 is 2.05 bits per heavy atom. The SMILES string of the molecule is CCC(C)NCC(=O)Nc1ccc(N2CCCC2)cc1C. The van der Waals surface area contributed by atoms with E-state index in [4.69, 9.17) is 0 Å². The van der Waals surface area contributed by atoms with E-state index in [0.717, 1.165) is 30.8 Å². The van der Waals surface area contributed by atoms with Crippen LogP contribution in [0, 0.1) is 6.92 Å². The van der Waals surface area contributed by atoms with Crippen molar-refractivity contribution in [2.45, 2.75) is 46.1 Å². The number of carbonyl (C=O) groups is 1. The van der Waals surface area contributed by atoms with Crippen LogP contribution in [0.4, 0.5) is 11.4 Å². The molecule has 1 unspecified atom stereocenters. The number of hydrogen-bond donors (Lipinski definition) is 2. The van der Waals surface area contributed by atoms with Gasteiger partial charge in [0.1, 0.15) is 0 Å². The van der Waals surface area contributed by atoms with Crippen LogP contribution in [0.15, 0.2) is 18.2 Å². The van der Waals surface area contributed by atoms with Crippen LogP contribution in [-0.2, 0) is 4.79 Å². The number of hydrogen-bond acceptors (Lipinski definition) is 3. The highest BCUT2D eigenvalue weighted by Crippen LogP contribution is 2.25. The third-order valence-corrected chi connectivity index (χ3v) is 4.18. The molecule has 1 fully saturated rings. The highest BCUT2D eigenvalue weighted by atomic mass is 16.1. The van der Waals surface area contributed by atoms with Gasteiger partial charge >= 0.3 is 0 Å². The van der Waals surface area contributed by atoms with Crippen molar-refractivity contribution >= 4 is 17.3 Å². The van der Waals surface area contributed by atoms with E-state index in [2.05, 4.69) is 48.4 Å². The second kappa shape index (κ2) is 7.46. The van der Waals surface area contributed by atoms with E-state index in [0.29, 0.717) is 12.6 Å². The minimum Gasteiger partial charge on any atom is -0.372 e. The van der Waals surface area contributed by atoms with Gasteiger partial charge in [0, 0.05) is 30.5 Å². The summed E-state index contributed by atoms with van der Waals surface area (Å²) in [6.45, 7) is 8.90. The summed E-state index contributed by atoms with van der Waals surface area (Å²) in [5, 5.41) is 6.20. The Morgan fingerprint density at radius 3 is 2.67 bits per heavy atom. The number of nitrogens with zero attached hydrogens (tertiary/aromatic N) is 1. The number of rotatable bonds is 6. The second-order valence-corrected chi connectivity index (χ2v) is 5.93. The van der Waals surface area contributed by atoms with Crippen LogP contribution in [0.2, 0.25) is 0 Å². The molecule has 2 N–H and O–H groups in total. The summed E-state index contributed by atoms with van der Waals surface area (Å²) >= 11 is 0. The van der Waals surface area contributed by atoms with Crippen molar-refractivity contribution in [2.24, 2.45) is 0 Å². The second-order valence-electron chi connectivity index (χ2n) is 5.93. The minimum absolute atomic E-state index is 0.0207. The molecule has 0 bridgehead atoms. The Morgan fingerprint density at radius 1 is 1.33 bits per heavy atom. The van der Waals surface area contributed by atoms with Crippen LogP contribution >= 0.6 is 0 Å². The maximum atomic E-state index is 11.9. The monoisotopic (exact) mass is 289 g/mol. The first-order valence-electron chi connectivity index (χ1n) is 7.99. The Balaban J connectivity index is 1.92. The molecule has 116 valence electrons. The summed E-state index contributed by atoms with van der Waals surface area (Å²) < 4.78 is 0. The first-order valence-corrected chi connectivity index (χ1v) is 7.99. The number of amides is 1. The summed E-state index contributed by atoms with van der Waals surface area (Å²) in [6, 6.07) is 6.66. The van der Waals surface area contributed by atoms with Crippen molar-refractivity contribution in [1.82, 2.24) is 5.32 Å². The topological polar surface area (TPSA) is 44.4 Å². The minimum atomic E-state index is 0.0207. The predicted molar refractivity (Wildman–Crippen MR) is 89.0 cm³/mol. The van der Waals surface area contributed by atoms with E-state index in [1.165, 1.54) is 18.5 Å². The van der Waals surface area contributed by atoms with Gasteiger partial charge in [0.25, 0.3) is 0 Å². The third-order valence-electron chi connectivity index (χ3n) is 4.18. The molecule has 0 aliphatic carbocycles. The van der Waals surface area contributed by atoms with Crippen LogP contribution in [-0.4, -0.2) is 31.6 Å². The fourth-order valence-electron chi connectivity index (χ4n) is 2.57. The first kappa shape index (κ1) is 15.8. The Hall–Kier alpha value is -1.55. The van der Waals surface area contributed by atoms with Crippen molar-refractivity contribution in [3.05, 3.63) is 23.8 Å². The van der Waals surface area contributed by atoms with Crippen LogP contribution in [0.3, 0.4) is 0 Å². The number of anilines is 2. The molecule has 1 aromatic carbocycles. The lowest BCUT2D eigenvalue weighted by Gasteiger charge is -2.19. The normalized spacial score (nSPS) is 16.0. The van der Waals surface area contributed by atoms with E-state index in [9.17, 15) is 4.79 Å². The van der Waals surface area contributed by atoms with Crippen molar-refractivity contribution in [2.75, 3.05) is 29.9 Å². The Bertz CT molecular complexity index is 481. The largest absolute Gasteiger partial charge is 0.372 e. The molecule has 1 atom stereocenters. The van der Waals surface area contributed by atoms with Gasteiger partial charge in [-0.2, -0.15) is 0 Å². The molecule has 1 aromatic rings. The molecule has 1 heterocycles. The lowest BCUT2D eigenvalue weighted by atomic mass is 10.1. The highest BCUT2D eigenvalue weighted by Gasteiger charge is 2.13. The van der Waals surface area contributed by atoms with Crippen LogP contribution in [0.5, 0.6) is 0 Å². The molecule has 0 saturated carbocycles. The van der Waals surface area contributed by atoms with Crippen LogP contribution in [0.25, 0.3) is 0 Å².